The van der Waals surface area contributed by atoms with Crippen LogP contribution in [0.4, 0.5) is 0 Å². The van der Waals surface area contributed by atoms with Gasteiger partial charge in [-0.15, -0.1) is 0 Å². The van der Waals surface area contributed by atoms with Crippen LogP contribution in [0.15, 0.2) is 20.7 Å². The minimum absolute atomic E-state index is 0.0824. The molecule has 1 N–H and O–H groups in total. The maximum atomic E-state index is 13.4. The van der Waals surface area contributed by atoms with E-state index in [1.807, 2.05) is 6.92 Å². The van der Waals surface area contributed by atoms with Gasteiger partial charge in [0.2, 0.25) is 0 Å². The molecule has 1 aromatic rings. The molecule has 2 aliphatic rings. The highest BCUT2D eigenvalue weighted by molar-refractivity contribution is 7.89. The summed E-state index contributed by atoms with van der Waals surface area (Å²) in [5.41, 5.74) is -1.86. The van der Waals surface area contributed by atoms with Gasteiger partial charge in [-0.2, -0.15) is 4.31 Å². The molecular weight excluding hydrogens is 344 g/mol. The molecular formula is C16H26N4O4S. The fraction of sp³-hybridized carbons (Fsp3) is 0.750. The molecule has 0 amide bonds. The van der Waals surface area contributed by atoms with E-state index in [9.17, 15) is 18.0 Å². The van der Waals surface area contributed by atoms with Crippen molar-refractivity contribution in [3.63, 3.8) is 0 Å². The van der Waals surface area contributed by atoms with Gasteiger partial charge in [0.1, 0.15) is 0 Å². The molecule has 2 aliphatic heterocycles. The second-order valence-electron chi connectivity index (χ2n) is 7.29. The Bertz CT molecular complexity index is 888. The minimum Gasteiger partial charge on any atom is -0.312 e. The Morgan fingerprint density at radius 2 is 1.92 bits per heavy atom. The molecule has 2 fully saturated rings. The van der Waals surface area contributed by atoms with Crippen LogP contribution < -0.4 is 16.6 Å². The number of hydrogen-bond donors (Lipinski definition) is 1. The smallest absolute Gasteiger partial charge is 0.312 e. The van der Waals surface area contributed by atoms with Crippen LogP contribution in [0.2, 0.25) is 0 Å². The molecule has 8 nitrogen and oxygen atoms in total. The molecule has 0 unspecified atom stereocenters. The fourth-order valence-electron chi connectivity index (χ4n) is 4.11. The number of sulfonamides is 1. The first-order valence-corrected chi connectivity index (χ1v) is 10.2. The van der Waals surface area contributed by atoms with Crippen LogP contribution in [0.25, 0.3) is 0 Å². The Morgan fingerprint density at radius 3 is 2.64 bits per heavy atom. The zero-order chi connectivity index (χ0) is 18.4. The molecule has 2 saturated heterocycles. The van der Waals surface area contributed by atoms with Gasteiger partial charge in [0.05, 0.1) is 0 Å². The lowest BCUT2D eigenvalue weighted by Crippen LogP contribution is -2.58. The van der Waals surface area contributed by atoms with Crippen molar-refractivity contribution >= 4 is 10.0 Å². The monoisotopic (exact) mass is 370 g/mol. The Balaban J connectivity index is 2.15. The molecule has 0 spiro atoms. The topological polar surface area (TPSA) is 93.4 Å². The van der Waals surface area contributed by atoms with E-state index in [0.717, 1.165) is 47.6 Å². The van der Waals surface area contributed by atoms with E-state index < -0.39 is 26.8 Å². The number of rotatable bonds is 2. The summed E-state index contributed by atoms with van der Waals surface area (Å²) in [4.78, 5) is 24.1. The normalized spacial score (nSPS) is 28.4. The van der Waals surface area contributed by atoms with Crippen LogP contribution in [0.1, 0.15) is 39.0 Å². The molecule has 0 saturated carbocycles. The first kappa shape index (κ1) is 18.3. The summed E-state index contributed by atoms with van der Waals surface area (Å²) >= 11 is 0. The van der Waals surface area contributed by atoms with E-state index in [2.05, 4.69) is 5.32 Å². The summed E-state index contributed by atoms with van der Waals surface area (Å²) in [6.07, 6.45) is 5.60. The van der Waals surface area contributed by atoms with Crippen LogP contribution in [-0.4, -0.2) is 46.5 Å². The predicted molar refractivity (Wildman–Crippen MR) is 94.1 cm³/mol. The predicted octanol–water partition coefficient (Wildman–Crippen LogP) is -0.231. The Morgan fingerprint density at radius 1 is 1.20 bits per heavy atom. The Labute approximate surface area is 147 Å². The number of nitrogens with one attached hydrogen (secondary N) is 1. The van der Waals surface area contributed by atoms with E-state index in [4.69, 9.17) is 0 Å². The molecule has 0 bridgehead atoms. The fourth-order valence-corrected chi connectivity index (χ4v) is 6.13. The lowest BCUT2D eigenvalue weighted by atomic mass is 9.87. The summed E-state index contributed by atoms with van der Waals surface area (Å²) < 4.78 is 30.3. The standard InChI is InChI=1S/C16H26N4O4S/c1-16-8-9-17-13(16)7-5-4-6-10-20(16)25(23,24)12-11-18(2)15(22)19(3)14(12)21/h11,13,17H,4-10H2,1-3H3/t13-,16-/m0/s1. The van der Waals surface area contributed by atoms with E-state index in [1.54, 1.807) is 0 Å². The van der Waals surface area contributed by atoms with Crippen molar-refractivity contribution in [2.24, 2.45) is 14.1 Å². The summed E-state index contributed by atoms with van der Waals surface area (Å²) in [5.74, 6) is 0. The third kappa shape index (κ3) is 2.88. The highest BCUT2D eigenvalue weighted by atomic mass is 32.2. The highest BCUT2D eigenvalue weighted by Gasteiger charge is 2.49. The molecule has 9 heteroatoms. The molecule has 3 rings (SSSR count). The second kappa shape index (κ2) is 6.37. The van der Waals surface area contributed by atoms with Gasteiger partial charge < -0.3 is 9.88 Å². The zero-order valence-electron chi connectivity index (χ0n) is 15.0. The summed E-state index contributed by atoms with van der Waals surface area (Å²) in [5, 5.41) is 3.42. The lowest BCUT2D eigenvalue weighted by molar-refractivity contribution is 0.161. The van der Waals surface area contributed by atoms with Crippen molar-refractivity contribution in [2.45, 2.75) is 55.5 Å². The van der Waals surface area contributed by atoms with Gasteiger partial charge in [0.25, 0.3) is 15.6 Å². The number of nitrogens with zero attached hydrogens (tertiary/aromatic N) is 3. The Hall–Kier alpha value is -1.45. The van der Waals surface area contributed by atoms with Gasteiger partial charge in [0, 0.05) is 38.4 Å². The largest absolute Gasteiger partial charge is 0.330 e. The molecule has 25 heavy (non-hydrogen) atoms. The molecule has 0 aromatic carbocycles. The van der Waals surface area contributed by atoms with E-state index in [-0.39, 0.29) is 10.9 Å². The summed E-state index contributed by atoms with van der Waals surface area (Å²) in [6.45, 7) is 3.12. The van der Waals surface area contributed by atoms with Crippen molar-refractivity contribution in [1.82, 2.24) is 18.8 Å². The first-order valence-electron chi connectivity index (χ1n) is 8.72. The molecule has 0 radical (unpaired) electrons. The first-order chi connectivity index (χ1) is 11.7. The Kier molecular flexibility index (Phi) is 4.67. The number of aromatic nitrogens is 2. The lowest BCUT2D eigenvalue weighted by Gasteiger charge is -2.42. The van der Waals surface area contributed by atoms with Gasteiger partial charge in [-0.25, -0.2) is 13.2 Å². The number of hydrogen-bond acceptors (Lipinski definition) is 5. The van der Waals surface area contributed by atoms with Crippen molar-refractivity contribution in [3.05, 3.63) is 27.0 Å². The van der Waals surface area contributed by atoms with Crippen molar-refractivity contribution in [1.29, 1.82) is 0 Å². The van der Waals surface area contributed by atoms with Crippen molar-refractivity contribution < 1.29 is 8.42 Å². The van der Waals surface area contributed by atoms with Gasteiger partial charge in [-0.05, 0) is 32.7 Å². The van der Waals surface area contributed by atoms with E-state index in [1.165, 1.54) is 18.4 Å². The zero-order valence-corrected chi connectivity index (χ0v) is 15.8. The van der Waals surface area contributed by atoms with Crippen LogP contribution in [0.5, 0.6) is 0 Å². The van der Waals surface area contributed by atoms with Crippen LogP contribution in [-0.2, 0) is 24.1 Å². The SMILES string of the molecule is Cn1cc(S(=O)(=O)N2CCCCC[C@@H]3NCC[C@@]32C)c(=O)n(C)c1=O. The molecule has 0 aliphatic carbocycles. The van der Waals surface area contributed by atoms with E-state index >= 15 is 0 Å². The third-order valence-electron chi connectivity index (χ3n) is 5.68. The van der Waals surface area contributed by atoms with Gasteiger partial charge in [-0.3, -0.25) is 9.36 Å². The van der Waals surface area contributed by atoms with Gasteiger partial charge in [0.15, 0.2) is 4.90 Å². The molecule has 3 heterocycles. The van der Waals surface area contributed by atoms with E-state index in [0.29, 0.717) is 13.0 Å². The van der Waals surface area contributed by atoms with Gasteiger partial charge in [-0.1, -0.05) is 12.8 Å². The second-order valence-corrected chi connectivity index (χ2v) is 9.12. The quantitative estimate of drug-likeness (QED) is 0.776. The van der Waals surface area contributed by atoms with Crippen LogP contribution in [0.3, 0.4) is 0 Å². The number of fused-ring (bicyclic) bond motifs is 1. The van der Waals surface area contributed by atoms with Crippen LogP contribution in [0, 0.1) is 0 Å². The number of aryl methyl sites for hydroxylation is 1. The summed E-state index contributed by atoms with van der Waals surface area (Å²) in [6, 6.07) is 0.0824. The average Bonchev–Trinajstić information content (AvgIpc) is 2.90. The summed E-state index contributed by atoms with van der Waals surface area (Å²) in [7, 11) is -1.25. The highest BCUT2D eigenvalue weighted by Crippen LogP contribution is 2.36. The molecule has 140 valence electrons. The van der Waals surface area contributed by atoms with Gasteiger partial charge >= 0.3 is 5.69 Å². The van der Waals surface area contributed by atoms with Crippen molar-refractivity contribution in [3.8, 4) is 0 Å². The molecule has 1 aromatic heterocycles. The van der Waals surface area contributed by atoms with Crippen LogP contribution >= 0.6 is 0 Å². The van der Waals surface area contributed by atoms with Crippen molar-refractivity contribution in [2.75, 3.05) is 13.1 Å². The maximum absolute atomic E-state index is 13.4. The third-order valence-corrected chi connectivity index (χ3v) is 7.70. The maximum Gasteiger partial charge on any atom is 0.330 e. The minimum atomic E-state index is -4.01. The average molecular weight is 370 g/mol. The molecule has 2 atom stereocenters.